The number of rotatable bonds is 7. The minimum Gasteiger partial charge on any atom is -0.0654 e. The predicted octanol–water partition coefficient (Wildman–Crippen LogP) is 9.66. The molecule has 0 bridgehead atoms. The van der Waals surface area contributed by atoms with E-state index in [4.69, 9.17) is 0 Å². The molecule has 32 heavy (non-hydrogen) atoms. The smallest absolute Gasteiger partial charge is 0.0109 e. The molecule has 0 aliphatic rings. The van der Waals surface area contributed by atoms with Gasteiger partial charge in [-0.05, 0) is 80.1 Å². The molecular formula is C32H30. The van der Waals surface area contributed by atoms with Gasteiger partial charge in [0, 0.05) is 0 Å². The fraction of sp³-hybridized carbons (Fsp3) is 0.188. The third-order valence-electron chi connectivity index (χ3n) is 6.51. The summed E-state index contributed by atoms with van der Waals surface area (Å²) in [6.07, 6.45) is 8.65. The highest BCUT2D eigenvalue weighted by Gasteiger charge is 2.08. The average Bonchev–Trinajstić information content (AvgIpc) is 2.84. The molecule has 0 aliphatic carbocycles. The van der Waals surface area contributed by atoms with Gasteiger partial charge in [0.05, 0.1) is 0 Å². The predicted molar refractivity (Wildman–Crippen MR) is 142 cm³/mol. The maximum Gasteiger partial charge on any atom is -0.0109 e. The Morgan fingerprint density at radius 1 is 0.594 bits per heavy atom. The molecule has 0 heterocycles. The molecule has 0 spiro atoms. The molecule has 0 amide bonds. The van der Waals surface area contributed by atoms with Crippen LogP contribution in [0.3, 0.4) is 0 Å². The van der Waals surface area contributed by atoms with E-state index >= 15 is 0 Å². The molecule has 0 nitrogen and oxygen atoms in total. The van der Waals surface area contributed by atoms with E-state index in [0.29, 0.717) is 0 Å². The zero-order valence-corrected chi connectivity index (χ0v) is 18.9. The second kappa shape index (κ2) is 9.40. The third-order valence-corrected chi connectivity index (χ3v) is 6.51. The summed E-state index contributed by atoms with van der Waals surface area (Å²) in [7, 11) is 0. The fourth-order valence-corrected chi connectivity index (χ4v) is 4.78. The highest BCUT2D eigenvalue weighted by atomic mass is 14.1. The quantitative estimate of drug-likeness (QED) is 0.141. The average molecular weight is 415 g/mol. The summed E-state index contributed by atoms with van der Waals surface area (Å²) < 4.78 is 0. The molecule has 0 heteroatoms. The minimum atomic E-state index is 1.11. The van der Waals surface area contributed by atoms with Crippen molar-refractivity contribution in [1.82, 2.24) is 0 Å². The highest BCUT2D eigenvalue weighted by Crippen LogP contribution is 2.32. The van der Waals surface area contributed by atoms with Crippen LogP contribution < -0.4 is 0 Å². The van der Waals surface area contributed by atoms with Gasteiger partial charge in [-0.15, -0.1) is 0 Å². The van der Waals surface area contributed by atoms with E-state index in [2.05, 4.69) is 110 Å². The van der Waals surface area contributed by atoms with Crippen molar-refractivity contribution in [3.05, 3.63) is 108 Å². The maximum absolute atomic E-state index is 2.42. The van der Waals surface area contributed by atoms with Crippen molar-refractivity contribution in [3.8, 4) is 0 Å². The van der Waals surface area contributed by atoms with Gasteiger partial charge in [0.1, 0.15) is 0 Å². The molecule has 0 aliphatic heterocycles. The summed E-state index contributed by atoms with van der Waals surface area (Å²) >= 11 is 0. The summed E-state index contributed by atoms with van der Waals surface area (Å²) in [5, 5.41) is 7.87. The monoisotopic (exact) mass is 414 g/mol. The normalized spacial score (nSPS) is 12.1. The lowest BCUT2D eigenvalue weighted by Gasteiger charge is -2.12. The molecule has 0 unspecified atom stereocenters. The Hall–Kier alpha value is -3.38. The third kappa shape index (κ3) is 4.32. The number of fused-ring (bicyclic) bond motifs is 3. The van der Waals surface area contributed by atoms with Gasteiger partial charge in [0.25, 0.3) is 0 Å². The van der Waals surface area contributed by atoms with Crippen LogP contribution in [0.2, 0.25) is 0 Å². The van der Waals surface area contributed by atoms with Crippen molar-refractivity contribution < 1.29 is 0 Å². The summed E-state index contributed by atoms with van der Waals surface area (Å²) in [4.78, 5) is 0. The van der Waals surface area contributed by atoms with E-state index in [1.165, 1.54) is 74.7 Å². The second-order valence-electron chi connectivity index (χ2n) is 8.81. The van der Waals surface area contributed by atoms with E-state index in [0.717, 1.165) is 6.42 Å². The molecule has 5 aromatic carbocycles. The van der Waals surface area contributed by atoms with E-state index in [9.17, 15) is 0 Å². The number of unbranched alkanes of at least 4 members (excludes halogenated alkanes) is 3. The SMILES string of the molecule is CCCCCCC(=Cc1ccc2cc3ccccc3cc2c1)c1cccc2ccccc12. The Morgan fingerprint density at radius 2 is 1.28 bits per heavy atom. The van der Waals surface area contributed by atoms with Crippen LogP contribution >= 0.6 is 0 Å². The summed E-state index contributed by atoms with van der Waals surface area (Å²) in [6, 6.07) is 35.6. The fourth-order valence-electron chi connectivity index (χ4n) is 4.78. The van der Waals surface area contributed by atoms with Gasteiger partial charge in [0.15, 0.2) is 0 Å². The van der Waals surface area contributed by atoms with Crippen LogP contribution in [0.4, 0.5) is 0 Å². The first-order valence-electron chi connectivity index (χ1n) is 11.9. The largest absolute Gasteiger partial charge is 0.0654 e. The van der Waals surface area contributed by atoms with E-state index < -0.39 is 0 Å². The molecule has 0 atom stereocenters. The van der Waals surface area contributed by atoms with Crippen LogP contribution in [-0.4, -0.2) is 0 Å². The molecule has 0 saturated carbocycles. The molecule has 158 valence electrons. The number of benzene rings is 5. The van der Waals surface area contributed by atoms with Crippen LogP contribution in [0.1, 0.15) is 50.2 Å². The molecule has 0 radical (unpaired) electrons. The zero-order chi connectivity index (χ0) is 21.8. The molecule has 0 fully saturated rings. The van der Waals surface area contributed by atoms with Crippen molar-refractivity contribution in [2.75, 3.05) is 0 Å². The first-order chi connectivity index (χ1) is 15.8. The maximum atomic E-state index is 2.42. The number of hydrogen-bond donors (Lipinski definition) is 0. The minimum absolute atomic E-state index is 1.11. The van der Waals surface area contributed by atoms with Crippen molar-refractivity contribution in [2.24, 2.45) is 0 Å². The summed E-state index contributed by atoms with van der Waals surface area (Å²) in [6.45, 7) is 2.28. The van der Waals surface area contributed by atoms with Gasteiger partial charge in [-0.2, -0.15) is 0 Å². The van der Waals surface area contributed by atoms with Crippen LogP contribution in [0.25, 0.3) is 44.0 Å². The lowest BCUT2D eigenvalue weighted by molar-refractivity contribution is 0.679. The number of allylic oxidation sites excluding steroid dienone is 1. The van der Waals surface area contributed by atoms with E-state index in [-0.39, 0.29) is 0 Å². The van der Waals surface area contributed by atoms with Crippen molar-refractivity contribution >= 4 is 44.0 Å². The molecule has 5 rings (SSSR count). The Labute approximate surface area is 191 Å². The Balaban J connectivity index is 1.59. The van der Waals surface area contributed by atoms with Gasteiger partial charge < -0.3 is 0 Å². The standard InChI is InChI=1S/C32H30/c1-2-3-4-5-14-29(32-17-10-15-25-11-8-9-16-31(25)32)20-24-18-19-28-22-26-12-6-7-13-27(26)23-30(28)21-24/h6-13,15-23H,2-5,14H2,1H3. The molecule has 5 aromatic rings. The van der Waals surface area contributed by atoms with Gasteiger partial charge in [-0.1, -0.05) is 111 Å². The zero-order valence-electron chi connectivity index (χ0n) is 18.9. The Bertz CT molecular complexity index is 1400. The molecule has 0 aromatic heterocycles. The van der Waals surface area contributed by atoms with Crippen molar-refractivity contribution in [3.63, 3.8) is 0 Å². The lowest BCUT2D eigenvalue weighted by Crippen LogP contribution is -1.89. The molecular weight excluding hydrogens is 384 g/mol. The highest BCUT2D eigenvalue weighted by molar-refractivity contribution is 6.01. The number of hydrogen-bond acceptors (Lipinski definition) is 0. The van der Waals surface area contributed by atoms with Gasteiger partial charge >= 0.3 is 0 Å². The topological polar surface area (TPSA) is 0 Å². The van der Waals surface area contributed by atoms with Crippen molar-refractivity contribution in [2.45, 2.75) is 39.0 Å². The van der Waals surface area contributed by atoms with Gasteiger partial charge in [0.2, 0.25) is 0 Å². The Kier molecular flexibility index (Phi) is 6.03. The molecule has 0 N–H and O–H groups in total. The lowest BCUT2D eigenvalue weighted by atomic mass is 9.92. The van der Waals surface area contributed by atoms with Crippen LogP contribution in [0.5, 0.6) is 0 Å². The van der Waals surface area contributed by atoms with Gasteiger partial charge in [-0.25, -0.2) is 0 Å². The van der Waals surface area contributed by atoms with Crippen molar-refractivity contribution in [1.29, 1.82) is 0 Å². The van der Waals surface area contributed by atoms with E-state index in [1.54, 1.807) is 0 Å². The van der Waals surface area contributed by atoms with Crippen LogP contribution in [0, 0.1) is 0 Å². The van der Waals surface area contributed by atoms with Crippen LogP contribution in [0.15, 0.2) is 97.1 Å². The first kappa shape index (κ1) is 20.5. The second-order valence-corrected chi connectivity index (χ2v) is 8.81. The summed E-state index contributed by atoms with van der Waals surface area (Å²) in [5.74, 6) is 0. The van der Waals surface area contributed by atoms with E-state index in [1.807, 2.05) is 0 Å². The van der Waals surface area contributed by atoms with Gasteiger partial charge in [-0.3, -0.25) is 0 Å². The first-order valence-corrected chi connectivity index (χ1v) is 11.9. The Morgan fingerprint density at radius 3 is 2.09 bits per heavy atom. The van der Waals surface area contributed by atoms with Crippen LogP contribution in [-0.2, 0) is 0 Å². The molecule has 0 saturated heterocycles. The summed E-state index contributed by atoms with van der Waals surface area (Å²) in [5.41, 5.74) is 4.10.